The first-order valence-electron chi connectivity index (χ1n) is 6.52. The van der Waals surface area contributed by atoms with E-state index in [1.807, 2.05) is 0 Å². The van der Waals surface area contributed by atoms with Gasteiger partial charge in [-0.2, -0.15) is 0 Å². The number of thiocarbonyl (C=S) groups is 1. The lowest BCUT2D eigenvalue weighted by atomic mass is 9.89. The maximum atomic E-state index is 5.67. The molecule has 0 aliphatic carbocycles. The van der Waals surface area contributed by atoms with Crippen LogP contribution in [0.2, 0.25) is 0 Å². The Balaban J connectivity index is 2.38. The van der Waals surface area contributed by atoms with Crippen LogP contribution >= 0.6 is 12.2 Å². The molecule has 1 aliphatic rings. The van der Waals surface area contributed by atoms with Crippen LogP contribution in [-0.2, 0) is 0 Å². The molecule has 94 valence electrons. The van der Waals surface area contributed by atoms with Gasteiger partial charge in [-0.15, -0.1) is 0 Å². The third-order valence-corrected chi connectivity index (χ3v) is 4.23. The van der Waals surface area contributed by atoms with Gasteiger partial charge in [-0.1, -0.05) is 33.0 Å². The Labute approximate surface area is 106 Å². The summed E-state index contributed by atoms with van der Waals surface area (Å²) in [4.78, 5) is 3.19. The summed E-state index contributed by atoms with van der Waals surface area (Å²) in [6.45, 7) is 10.3. The minimum atomic E-state index is 0.352. The largest absolute Gasteiger partial charge is 0.393 e. The van der Waals surface area contributed by atoms with Gasteiger partial charge in [0, 0.05) is 12.5 Å². The molecular weight excluding hydrogens is 216 g/mol. The number of nitrogens with zero attached hydrogens (tertiary/aromatic N) is 1. The van der Waals surface area contributed by atoms with E-state index >= 15 is 0 Å². The summed E-state index contributed by atoms with van der Waals surface area (Å²) in [6.07, 6.45) is 4.05. The molecule has 3 heteroatoms. The molecule has 0 saturated carbocycles. The van der Waals surface area contributed by atoms with Crippen molar-refractivity contribution in [2.24, 2.45) is 23.5 Å². The van der Waals surface area contributed by atoms with E-state index in [9.17, 15) is 0 Å². The second-order valence-corrected chi connectivity index (χ2v) is 6.01. The lowest BCUT2D eigenvalue weighted by Gasteiger charge is -2.24. The van der Waals surface area contributed by atoms with Crippen molar-refractivity contribution >= 4 is 17.2 Å². The van der Waals surface area contributed by atoms with Crippen molar-refractivity contribution in [2.75, 3.05) is 19.6 Å². The molecule has 0 aromatic carbocycles. The zero-order valence-corrected chi connectivity index (χ0v) is 11.7. The molecule has 1 heterocycles. The summed E-state index contributed by atoms with van der Waals surface area (Å²) in [6, 6.07) is 0. The lowest BCUT2D eigenvalue weighted by molar-refractivity contribution is 0.259. The molecule has 0 spiro atoms. The molecule has 1 saturated heterocycles. The first-order chi connectivity index (χ1) is 7.50. The van der Waals surface area contributed by atoms with E-state index in [0.717, 1.165) is 18.4 Å². The van der Waals surface area contributed by atoms with Crippen LogP contribution in [0.1, 0.15) is 40.0 Å². The first kappa shape index (κ1) is 13.9. The SMILES string of the molecule is CC(CN1CCCC(C(C)C)CC1)C(N)=S. The van der Waals surface area contributed by atoms with Crippen molar-refractivity contribution in [2.45, 2.75) is 40.0 Å². The highest BCUT2D eigenvalue weighted by molar-refractivity contribution is 7.80. The van der Waals surface area contributed by atoms with E-state index in [4.69, 9.17) is 18.0 Å². The van der Waals surface area contributed by atoms with Gasteiger partial charge in [0.05, 0.1) is 4.99 Å². The zero-order valence-electron chi connectivity index (χ0n) is 10.9. The summed E-state index contributed by atoms with van der Waals surface area (Å²) in [7, 11) is 0. The van der Waals surface area contributed by atoms with Crippen LogP contribution in [0, 0.1) is 17.8 Å². The normalized spacial score (nSPS) is 25.4. The first-order valence-corrected chi connectivity index (χ1v) is 6.93. The fourth-order valence-corrected chi connectivity index (χ4v) is 2.58. The highest BCUT2D eigenvalue weighted by Crippen LogP contribution is 2.24. The number of likely N-dealkylation sites (tertiary alicyclic amines) is 1. The monoisotopic (exact) mass is 242 g/mol. The quantitative estimate of drug-likeness (QED) is 0.769. The smallest absolute Gasteiger partial charge is 0.0768 e. The van der Waals surface area contributed by atoms with Crippen LogP contribution in [0.25, 0.3) is 0 Å². The van der Waals surface area contributed by atoms with Gasteiger partial charge in [0.1, 0.15) is 0 Å². The van der Waals surface area contributed by atoms with Crippen molar-refractivity contribution in [3.8, 4) is 0 Å². The van der Waals surface area contributed by atoms with E-state index in [1.54, 1.807) is 0 Å². The van der Waals surface area contributed by atoms with Crippen LogP contribution in [0.3, 0.4) is 0 Å². The minimum Gasteiger partial charge on any atom is -0.393 e. The fraction of sp³-hybridized carbons (Fsp3) is 0.923. The summed E-state index contributed by atoms with van der Waals surface area (Å²) in [5.41, 5.74) is 5.67. The summed E-state index contributed by atoms with van der Waals surface area (Å²) in [5.74, 6) is 2.09. The molecule has 2 nitrogen and oxygen atoms in total. The van der Waals surface area contributed by atoms with Crippen LogP contribution < -0.4 is 5.73 Å². The molecule has 1 rings (SSSR count). The van der Waals surface area contributed by atoms with Crippen molar-refractivity contribution in [3.63, 3.8) is 0 Å². The van der Waals surface area contributed by atoms with Gasteiger partial charge in [0.2, 0.25) is 0 Å². The van der Waals surface area contributed by atoms with Gasteiger partial charge >= 0.3 is 0 Å². The highest BCUT2D eigenvalue weighted by Gasteiger charge is 2.20. The fourth-order valence-electron chi connectivity index (χ4n) is 2.51. The summed E-state index contributed by atoms with van der Waals surface area (Å²) >= 11 is 5.04. The van der Waals surface area contributed by atoms with Crippen molar-refractivity contribution < 1.29 is 0 Å². The van der Waals surface area contributed by atoms with Gasteiger partial charge in [-0.3, -0.25) is 0 Å². The topological polar surface area (TPSA) is 29.3 Å². The summed E-state index contributed by atoms with van der Waals surface area (Å²) < 4.78 is 0. The molecule has 2 N–H and O–H groups in total. The maximum absolute atomic E-state index is 5.67. The van der Waals surface area contributed by atoms with Crippen LogP contribution in [-0.4, -0.2) is 29.5 Å². The van der Waals surface area contributed by atoms with E-state index in [0.29, 0.717) is 10.9 Å². The van der Waals surface area contributed by atoms with Gasteiger partial charge in [0.25, 0.3) is 0 Å². The molecule has 0 bridgehead atoms. The number of nitrogens with two attached hydrogens (primary N) is 1. The Bertz CT molecular complexity index is 228. The molecule has 16 heavy (non-hydrogen) atoms. The molecule has 0 aromatic heterocycles. The second-order valence-electron chi connectivity index (χ2n) is 5.54. The van der Waals surface area contributed by atoms with E-state index in [1.165, 1.54) is 32.4 Å². The van der Waals surface area contributed by atoms with E-state index in [-0.39, 0.29) is 0 Å². The second kappa shape index (κ2) is 6.55. The van der Waals surface area contributed by atoms with Crippen molar-refractivity contribution in [1.82, 2.24) is 4.90 Å². The molecule has 0 radical (unpaired) electrons. The molecule has 2 unspecified atom stereocenters. The van der Waals surface area contributed by atoms with Gasteiger partial charge in [0.15, 0.2) is 0 Å². The third kappa shape index (κ3) is 4.38. The van der Waals surface area contributed by atoms with E-state index < -0.39 is 0 Å². The van der Waals surface area contributed by atoms with Gasteiger partial charge < -0.3 is 10.6 Å². The zero-order chi connectivity index (χ0) is 12.1. The third-order valence-electron chi connectivity index (χ3n) is 3.83. The maximum Gasteiger partial charge on any atom is 0.0768 e. The summed E-state index contributed by atoms with van der Waals surface area (Å²) in [5, 5.41) is 0. The Hall–Kier alpha value is -0.150. The Morgan fingerprint density at radius 1 is 1.31 bits per heavy atom. The van der Waals surface area contributed by atoms with Crippen molar-refractivity contribution in [1.29, 1.82) is 0 Å². The standard InChI is InChI=1S/C13H26N2S/c1-10(2)12-5-4-7-15(8-6-12)9-11(3)13(14)16/h10-12H,4-9H2,1-3H3,(H2,14,16). The molecule has 0 amide bonds. The molecule has 1 fully saturated rings. The molecular formula is C13H26N2S. The van der Waals surface area contributed by atoms with Crippen LogP contribution in [0.4, 0.5) is 0 Å². The molecule has 1 aliphatic heterocycles. The Morgan fingerprint density at radius 2 is 2.00 bits per heavy atom. The molecule has 0 aromatic rings. The van der Waals surface area contributed by atoms with Crippen molar-refractivity contribution in [3.05, 3.63) is 0 Å². The minimum absolute atomic E-state index is 0.352. The number of hydrogen-bond donors (Lipinski definition) is 1. The Morgan fingerprint density at radius 3 is 2.56 bits per heavy atom. The van der Waals surface area contributed by atoms with E-state index in [2.05, 4.69) is 25.7 Å². The average Bonchev–Trinajstić information content (AvgIpc) is 2.43. The predicted molar refractivity (Wildman–Crippen MR) is 74.6 cm³/mol. The van der Waals surface area contributed by atoms with Gasteiger partial charge in [-0.25, -0.2) is 0 Å². The Kier molecular flexibility index (Phi) is 5.70. The van der Waals surface area contributed by atoms with Gasteiger partial charge in [-0.05, 0) is 44.2 Å². The molecule has 2 atom stereocenters. The van der Waals surface area contributed by atoms with Crippen LogP contribution in [0.5, 0.6) is 0 Å². The number of rotatable bonds is 4. The number of hydrogen-bond acceptors (Lipinski definition) is 2. The van der Waals surface area contributed by atoms with Crippen LogP contribution in [0.15, 0.2) is 0 Å². The average molecular weight is 242 g/mol. The highest BCUT2D eigenvalue weighted by atomic mass is 32.1. The predicted octanol–water partition coefficient (Wildman–Crippen LogP) is 2.67. The lowest BCUT2D eigenvalue weighted by Crippen LogP contribution is -2.34.